The molecule has 2 nitrogen and oxygen atoms in total. The normalized spacial score (nSPS) is 10.6. The van der Waals surface area contributed by atoms with Gasteiger partial charge in [0.05, 0.1) is 0 Å². The molecule has 19 heavy (non-hydrogen) atoms. The van der Waals surface area contributed by atoms with E-state index in [9.17, 15) is 0 Å². The summed E-state index contributed by atoms with van der Waals surface area (Å²) in [6, 6.07) is 10.4. The molecule has 1 N–H and O–H groups in total. The predicted octanol–water partition coefficient (Wildman–Crippen LogP) is 4.03. The molecule has 0 saturated carbocycles. The van der Waals surface area contributed by atoms with E-state index in [2.05, 4.69) is 51.7 Å². The minimum Gasteiger partial charge on any atom is -0.492 e. The highest BCUT2D eigenvalue weighted by Gasteiger charge is 1.99. The molecule has 0 radical (unpaired) electrons. The zero-order valence-electron chi connectivity index (χ0n) is 11.0. The first-order valence-corrected chi connectivity index (χ1v) is 8.05. The van der Waals surface area contributed by atoms with Crippen LogP contribution in [0.2, 0.25) is 0 Å². The molecule has 4 heteroatoms. The molecule has 2 aromatic rings. The summed E-state index contributed by atoms with van der Waals surface area (Å²) in [6.45, 7) is 4.64. The van der Waals surface area contributed by atoms with E-state index >= 15 is 0 Å². The van der Waals surface area contributed by atoms with Crippen LogP contribution in [-0.4, -0.2) is 19.7 Å². The molecule has 1 aromatic heterocycles. The van der Waals surface area contributed by atoms with Crippen molar-refractivity contribution in [2.45, 2.75) is 13.3 Å². The van der Waals surface area contributed by atoms with Crippen LogP contribution in [0, 0.1) is 6.92 Å². The SMILES string of the molecule is Cc1cc(Br)ccc1OCCNCCc1cccs1. The molecule has 2 rings (SSSR count). The smallest absolute Gasteiger partial charge is 0.122 e. The van der Waals surface area contributed by atoms with Crippen molar-refractivity contribution in [1.82, 2.24) is 5.32 Å². The summed E-state index contributed by atoms with van der Waals surface area (Å²) in [5, 5.41) is 5.52. The third-order valence-electron chi connectivity index (χ3n) is 2.80. The molecule has 0 unspecified atom stereocenters. The maximum absolute atomic E-state index is 5.75. The van der Waals surface area contributed by atoms with Crippen molar-refractivity contribution < 1.29 is 4.74 Å². The number of benzene rings is 1. The van der Waals surface area contributed by atoms with E-state index in [1.165, 1.54) is 4.88 Å². The van der Waals surface area contributed by atoms with Crippen molar-refractivity contribution in [3.05, 3.63) is 50.6 Å². The van der Waals surface area contributed by atoms with Gasteiger partial charge < -0.3 is 10.1 Å². The van der Waals surface area contributed by atoms with Crippen molar-refractivity contribution >= 4 is 27.3 Å². The molecular formula is C15H18BrNOS. The Morgan fingerprint density at radius 2 is 2.16 bits per heavy atom. The van der Waals surface area contributed by atoms with Crippen molar-refractivity contribution in [2.24, 2.45) is 0 Å². The van der Waals surface area contributed by atoms with Gasteiger partial charge in [0.15, 0.2) is 0 Å². The number of ether oxygens (including phenoxy) is 1. The van der Waals surface area contributed by atoms with E-state index in [0.717, 1.165) is 35.3 Å². The molecule has 102 valence electrons. The predicted molar refractivity (Wildman–Crippen MR) is 85.3 cm³/mol. The Balaban J connectivity index is 1.61. The minimum atomic E-state index is 0.701. The second-order valence-electron chi connectivity index (χ2n) is 4.34. The highest BCUT2D eigenvalue weighted by atomic mass is 79.9. The van der Waals surface area contributed by atoms with Crippen molar-refractivity contribution in [3.63, 3.8) is 0 Å². The first-order chi connectivity index (χ1) is 9.25. The zero-order chi connectivity index (χ0) is 13.5. The van der Waals surface area contributed by atoms with Crippen LogP contribution in [0.4, 0.5) is 0 Å². The van der Waals surface area contributed by atoms with Gasteiger partial charge in [0.2, 0.25) is 0 Å². The van der Waals surface area contributed by atoms with Gasteiger partial charge in [-0.05, 0) is 48.6 Å². The Morgan fingerprint density at radius 3 is 2.89 bits per heavy atom. The number of aryl methyl sites for hydroxylation is 1. The quantitative estimate of drug-likeness (QED) is 0.769. The zero-order valence-corrected chi connectivity index (χ0v) is 13.4. The highest BCUT2D eigenvalue weighted by molar-refractivity contribution is 9.10. The third kappa shape index (κ3) is 4.97. The minimum absolute atomic E-state index is 0.701. The van der Waals surface area contributed by atoms with Crippen LogP contribution >= 0.6 is 27.3 Å². The lowest BCUT2D eigenvalue weighted by Gasteiger charge is -2.10. The topological polar surface area (TPSA) is 21.3 Å². The van der Waals surface area contributed by atoms with Gasteiger partial charge in [0.25, 0.3) is 0 Å². The summed E-state index contributed by atoms with van der Waals surface area (Å²) in [6.07, 6.45) is 1.09. The van der Waals surface area contributed by atoms with Gasteiger partial charge in [-0.25, -0.2) is 0 Å². The number of nitrogens with one attached hydrogen (secondary N) is 1. The fraction of sp³-hybridized carbons (Fsp3) is 0.333. The molecule has 1 heterocycles. The van der Waals surface area contributed by atoms with Crippen LogP contribution in [0.5, 0.6) is 5.75 Å². The number of hydrogen-bond acceptors (Lipinski definition) is 3. The Labute approximate surface area is 126 Å². The molecule has 0 saturated heterocycles. The summed E-state index contributed by atoms with van der Waals surface area (Å²) in [7, 11) is 0. The van der Waals surface area contributed by atoms with E-state index < -0.39 is 0 Å². The van der Waals surface area contributed by atoms with Crippen molar-refractivity contribution in [1.29, 1.82) is 0 Å². The van der Waals surface area contributed by atoms with E-state index in [4.69, 9.17) is 4.74 Å². The standard InChI is InChI=1S/C15H18BrNOS/c1-12-11-13(16)4-5-15(12)18-9-8-17-7-6-14-3-2-10-19-14/h2-5,10-11,17H,6-9H2,1H3. The molecule has 1 aromatic carbocycles. The maximum atomic E-state index is 5.75. The van der Waals surface area contributed by atoms with Crippen LogP contribution in [0.1, 0.15) is 10.4 Å². The monoisotopic (exact) mass is 339 g/mol. The van der Waals surface area contributed by atoms with Crippen LogP contribution in [0.3, 0.4) is 0 Å². The van der Waals surface area contributed by atoms with Crippen LogP contribution < -0.4 is 10.1 Å². The molecule has 0 atom stereocenters. The molecule has 0 amide bonds. The van der Waals surface area contributed by atoms with Gasteiger partial charge in [-0.3, -0.25) is 0 Å². The lowest BCUT2D eigenvalue weighted by Crippen LogP contribution is -2.23. The van der Waals surface area contributed by atoms with Crippen molar-refractivity contribution in [2.75, 3.05) is 19.7 Å². The molecule has 0 fully saturated rings. The molecule has 0 bridgehead atoms. The first kappa shape index (κ1) is 14.6. The van der Waals surface area contributed by atoms with Gasteiger partial charge in [-0.1, -0.05) is 22.0 Å². The second kappa shape index (κ2) is 7.68. The Hall–Kier alpha value is -0.840. The van der Waals surface area contributed by atoms with Gasteiger partial charge >= 0.3 is 0 Å². The van der Waals surface area contributed by atoms with Gasteiger partial charge in [0.1, 0.15) is 12.4 Å². The number of halogens is 1. The summed E-state index contributed by atoms with van der Waals surface area (Å²) >= 11 is 5.26. The average Bonchev–Trinajstić information content (AvgIpc) is 2.89. The Kier molecular flexibility index (Phi) is 5.89. The Morgan fingerprint density at radius 1 is 1.26 bits per heavy atom. The van der Waals surface area contributed by atoms with E-state index in [1.807, 2.05) is 23.5 Å². The van der Waals surface area contributed by atoms with E-state index in [1.54, 1.807) is 0 Å². The summed E-state index contributed by atoms with van der Waals surface area (Å²) in [5.41, 5.74) is 1.16. The van der Waals surface area contributed by atoms with Crippen LogP contribution in [-0.2, 0) is 6.42 Å². The molecule has 0 aliphatic heterocycles. The van der Waals surface area contributed by atoms with Gasteiger partial charge in [-0.2, -0.15) is 0 Å². The highest BCUT2D eigenvalue weighted by Crippen LogP contribution is 2.21. The molecule has 0 aliphatic carbocycles. The van der Waals surface area contributed by atoms with Crippen molar-refractivity contribution in [3.8, 4) is 5.75 Å². The second-order valence-corrected chi connectivity index (χ2v) is 6.29. The fourth-order valence-corrected chi connectivity index (χ4v) is 2.98. The lowest BCUT2D eigenvalue weighted by molar-refractivity contribution is 0.312. The van der Waals surface area contributed by atoms with E-state index in [0.29, 0.717) is 6.61 Å². The average molecular weight is 340 g/mol. The van der Waals surface area contributed by atoms with Crippen LogP contribution in [0.25, 0.3) is 0 Å². The summed E-state index contributed by atoms with van der Waals surface area (Å²) in [5.74, 6) is 0.961. The number of hydrogen-bond donors (Lipinski definition) is 1. The maximum Gasteiger partial charge on any atom is 0.122 e. The van der Waals surface area contributed by atoms with E-state index in [-0.39, 0.29) is 0 Å². The first-order valence-electron chi connectivity index (χ1n) is 6.38. The Bertz CT molecular complexity index is 499. The molecule has 0 spiro atoms. The number of thiophene rings is 1. The van der Waals surface area contributed by atoms with Crippen LogP contribution in [0.15, 0.2) is 40.2 Å². The largest absolute Gasteiger partial charge is 0.492 e. The van der Waals surface area contributed by atoms with Gasteiger partial charge in [0, 0.05) is 22.4 Å². The molecule has 0 aliphatic rings. The number of rotatable bonds is 7. The third-order valence-corrected chi connectivity index (χ3v) is 4.23. The summed E-state index contributed by atoms with van der Waals surface area (Å²) < 4.78 is 6.84. The lowest BCUT2D eigenvalue weighted by atomic mass is 10.2. The van der Waals surface area contributed by atoms with Gasteiger partial charge in [-0.15, -0.1) is 11.3 Å². The fourth-order valence-electron chi connectivity index (χ4n) is 1.80. The molecular weight excluding hydrogens is 322 g/mol. The summed E-state index contributed by atoms with van der Waals surface area (Å²) in [4.78, 5) is 1.43.